The lowest BCUT2D eigenvalue weighted by molar-refractivity contribution is 0.378. The number of sulfonamides is 1. The fraction of sp³-hybridized carbons (Fsp3) is 0.600. The van der Waals surface area contributed by atoms with Crippen LogP contribution >= 0.6 is 0 Å². The van der Waals surface area contributed by atoms with Crippen LogP contribution in [0, 0.1) is 5.92 Å². The van der Waals surface area contributed by atoms with Gasteiger partial charge < -0.3 is 10.6 Å². The molecule has 1 heterocycles. The largest absolute Gasteiger partial charge is 0.369 e. The van der Waals surface area contributed by atoms with Gasteiger partial charge in [-0.3, -0.25) is 0 Å². The topological polar surface area (TPSA) is 75.4 Å². The summed E-state index contributed by atoms with van der Waals surface area (Å²) in [5.41, 5.74) is 6.92. The first kappa shape index (κ1) is 14.8. The number of para-hydroxylation sites is 1. The molecule has 1 aromatic rings. The van der Waals surface area contributed by atoms with Crippen LogP contribution in [0.4, 0.5) is 5.69 Å². The van der Waals surface area contributed by atoms with Gasteiger partial charge in [0.15, 0.2) is 0 Å². The van der Waals surface area contributed by atoms with E-state index in [1.54, 1.807) is 12.1 Å². The second-order valence-corrected chi connectivity index (χ2v) is 7.92. The van der Waals surface area contributed by atoms with E-state index >= 15 is 0 Å². The zero-order chi connectivity index (χ0) is 15.0. The first-order valence-corrected chi connectivity index (χ1v) is 9.07. The molecule has 6 heteroatoms. The maximum atomic E-state index is 12.5. The van der Waals surface area contributed by atoms with Gasteiger partial charge in [-0.2, -0.15) is 0 Å². The lowest BCUT2D eigenvalue weighted by atomic mass is 9.94. The summed E-state index contributed by atoms with van der Waals surface area (Å²) >= 11 is 0. The van der Waals surface area contributed by atoms with E-state index in [2.05, 4.69) is 16.5 Å². The molecule has 21 heavy (non-hydrogen) atoms. The van der Waals surface area contributed by atoms with Crippen LogP contribution in [0.1, 0.15) is 26.2 Å². The molecule has 1 aliphatic heterocycles. The van der Waals surface area contributed by atoms with E-state index in [-0.39, 0.29) is 12.1 Å². The summed E-state index contributed by atoms with van der Waals surface area (Å²) in [6.07, 6.45) is 2.87. The molecule has 1 aliphatic carbocycles. The first-order chi connectivity index (χ1) is 9.97. The molecule has 1 aromatic carbocycles. The molecule has 116 valence electrons. The minimum absolute atomic E-state index is 0.0888. The van der Waals surface area contributed by atoms with Crippen molar-refractivity contribution in [3.63, 3.8) is 0 Å². The van der Waals surface area contributed by atoms with Gasteiger partial charge in [0.2, 0.25) is 10.0 Å². The predicted octanol–water partition coefficient (Wildman–Crippen LogP) is 1.30. The van der Waals surface area contributed by atoms with Gasteiger partial charge in [-0.1, -0.05) is 19.1 Å². The average molecular weight is 309 g/mol. The SMILES string of the molecule is CC1CCN(c2ccccc2S(=O)(=O)NC2CC2)CC1N. The number of benzene rings is 1. The summed E-state index contributed by atoms with van der Waals surface area (Å²) in [5.74, 6) is 0.481. The van der Waals surface area contributed by atoms with Crippen LogP contribution < -0.4 is 15.4 Å². The number of hydrogen-bond acceptors (Lipinski definition) is 4. The van der Waals surface area contributed by atoms with E-state index in [0.29, 0.717) is 17.4 Å². The fourth-order valence-corrected chi connectivity index (χ4v) is 4.28. The lowest BCUT2D eigenvalue weighted by Gasteiger charge is -2.37. The van der Waals surface area contributed by atoms with Crippen molar-refractivity contribution in [2.75, 3.05) is 18.0 Å². The highest BCUT2D eigenvalue weighted by atomic mass is 32.2. The number of anilines is 1. The minimum Gasteiger partial charge on any atom is -0.369 e. The smallest absolute Gasteiger partial charge is 0.242 e. The Morgan fingerprint density at radius 1 is 1.24 bits per heavy atom. The summed E-state index contributed by atoms with van der Waals surface area (Å²) in [4.78, 5) is 2.48. The number of piperidine rings is 1. The maximum absolute atomic E-state index is 12.5. The molecule has 0 spiro atoms. The summed E-state index contributed by atoms with van der Waals surface area (Å²) in [5, 5.41) is 0. The van der Waals surface area contributed by atoms with Crippen molar-refractivity contribution in [1.82, 2.24) is 4.72 Å². The molecule has 3 N–H and O–H groups in total. The van der Waals surface area contributed by atoms with Gasteiger partial charge in [-0.05, 0) is 37.3 Å². The van der Waals surface area contributed by atoms with Gasteiger partial charge in [0.05, 0.1) is 5.69 Å². The van der Waals surface area contributed by atoms with Crippen LogP contribution in [0.15, 0.2) is 29.2 Å². The normalized spacial score (nSPS) is 26.9. The fourth-order valence-electron chi connectivity index (χ4n) is 2.75. The van der Waals surface area contributed by atoms with Gasteiger partial charge in [0, 0.05) is 25.2 Å². The lowest BCUT2D eigenvalue weighted by Crippen LogP contribution is -2.48. The van der Waals surface area contributed by atoms with Crippen LogP contribution in [-0.4, -0.2) is 33.6 Å². The molecule has 0 aromatic heterocycles. The first-order valence-electron chi connectivity index (χ1n) is 7.59. The molecule has 1 saturated carbocycles. The number of nitrogens with one attached hydrogen (secondary N) is 1. The average Bonchev–Trinajstić information content (AvgIpc) is 3.25. The van der Waals surface area contributed by atoms with E-state index in [4.69, 9.17) is 5.73 Å². The molecule has 0 bridgehead atoms. The molecule has 0 radical (unpaired) electrons. The van der Waals surface area contributed by atoms with E-state index in [1.165, 1.54) is 0 Å². The molecule has 0 amide bonds. The van der Waals surface area contributed by atoms with Gasteiger partial charge in [-0.25, -0.2) is 13.1 Å². The van der Waals surface area contributed by atoms with Crippen molar-refractivity contribution in [3.8, 4) is 0 Å². The highest BCUT2D eigenvalue weighted by molar-refractivity contribution is 7.89. The Kier molecular flexibility index (Phi) is 3.94. The molecule has 1 saturated heterocycles. The van der Waals surface area contributed by atoms with Crippen molar-refractivity contribution >= 4 is 15.7 Å². The summed E-state index contributed by atoms with van der Waals surface area (Å²) in [7, 11) is -3.44. The van der Waals surface area contributed by atoms with Crippen LogP contribution in [0.25, 0.3) is 0 Å². The minimum atomic E-state index is -3.44. The third-order valence-electron chi connectivity index (χ3n) is 4.41. The van der Waals surface area contributed by atoms with Crippen LogP contribution in [0.2, 0.25) is 0 Å². The summed E-state index contributed by atoms with van der Waals surface area (Å²) in [6.45, 7) is 3.71. The monoisotopic (exact) mass is 309 g/mol. The van der Waals surface area contributed by atoms with Crippen LogP contribution in [0.3, 0.4) is 0 Å². The third-order valence-corrected chi connectivity index (χ3v) is 5.98. The van der Waals surface area contributed by atoms with Gasteiger partial charge >= 0.3 is 0 Å². The number of nitrogens with two attached hydrogens (primary N) is 1. The maximum Gasteiger partial charge on any atom is 0.242 e. The van der Waals surface area contributed by atoms with E-state index in [9.17, 15) is 8.42 Å². The Morgan fingerprint density at radius 2 is 1.95 bits per heavy atom. The predicted molar refractivity (Wildman–Crippen MR) is 83.8 cm³/mol. The van der Waals surface area contributed by atoms with Crippen molar-refractivity contribution < 1.29 is 8.42 Å². The standard InChI is InChI=1S/C15H23N3O2S/c1-11-8-9-18(10-13(11)16)14-4-2-3-5-15(14)21(19,20)17-12-6-7-12/h2-5,11-13,17H,6-10,16H2,1H3. The molecular weight excluding hydrogens is 286 g/mol. The number of nitrogens with zero attached hydrogens (tertiary/aromatic N) is 1. The number of hydrogen-bond donors (Lipinski definition) is 2. The molecule has 2 aliphatic rings. The Labute approximate surface area is 126 Å². The van der Waals surface area contributed by atoms with E-state index in [0.717, 1.165) is 31.5 Å². The molecule has 2 atom stereocenters. The zero-order valence-corrected chi connectivity index (χ0v) is 13.1. The second kappa shape index (κ2) is 5.59. The Bertz CT molecular complexity index is 613. The molecule has 2 unspecified atom stereocenters. The van der Waals surface area contributed by atoms with Gasteiger partial charge in [0.1, 0.15) is 4.90 Å². The van der Waals surface area contributed by atoms with Crippen molar-refractivity contribution in [2.24, 2.45) is 11.7 Å². The number of rotatable bonds is 4. The molecule has 2 fully saturated rings. The third kappa shape index (κ3) is 3.22. The summed E-state index contributed by atoms with van der Waals surface area (Å²) < 4.78 is 27.8. The van der Waals surface area contributed by atoms with Gasteiger partial charge in [-0.15, -0.1) is 0 Å². The van der Waals surface area contributed by atoms with E-state index in [1.807, 2.05) is 12.1 Å². The van der Waals surface area contributed by atoms with Crippen molar-refractivity contribution in [3.05, 3.63) is 24.3 Å². The van der Waals surface area contributed by atoms with Gasteiger partial charge in [0.25, 0.3) is 0 Å². The zero-order valence-electron chi connectivity index (χ0n) is 12.3. The summed E-state index contributed by atoms with van der Waals surface area (Å²) in [6, 6.07) is 7.43. The van der Waals surface area contributed by atoms with Crippen molar-refractivity contribution in [2.45, 2.75) is 43.2 Å². The van der Waals surface area contributed by atoms with Crippen LogP contribution in [-0.2, 0) is 10.0 Å². The van der Waals surface area contributed by atoms with E-state index < -0.39 is 10.0 Å². The second-order valence-electron chi connectivity index (χ2n) is 6.24. The van der Waals surface area contributed by atoms with Crippen molar-refractivity contribution in [1.29, 1.82) is 0 Å². The highest BCUT2D eigenvalue weighted by Crippen LogP contribution is 2.30. The Balaban J connectivity index is 1.89. The Morgan fingerprint density at radius 3 is 2.62 bits per heavy atom. The quantitative estimate of drug-likeness (QED) is 0.879. The highest BCUT2D eigenvalue weighted by Gasteiger charge is 2.31. The molecular formula is C15H23N3O2S. The molecule has 3 rings (SSSR count). The Hall–Kier alpha value is -1.11. The molecule has 5 nitrogen and oxygen atoms in total. The van der Waals surface area contributed by atoms with Crippen LogP contribution in [0.5, 0.6) is 0 Å².